The van der Waals surface area contributed by atoms with E-state index in [1.54, 1.807) is 13.2 Å². The number of methoxy groups -OCH3 is 1. The van der Waals surface area contributed by atoms with Crippen LogP contribution in [-0.4, -0.2) is 14.2 Å². The summed E-state index contributed by atoms with van der Waals surface area (Å²) in [4.78, 5) is 0. The molecule has 2 rings (SSSR count). The SMILES string of the molecule is CNC(Cc1ccc(Br)cc1)c1cc(F)ccc1OC. The third-order valence-electron chi connectivity index (χ3n) is 3.27. The first-order valence-corrected chi connectivity index (χ1v) is 7.18. The second kappa shape index (κ2) is 6.86. The average Bonchev–Trinajstić information content (AvgIpc) is 2.46. The van der Waals surface area contributed by atoms with Crippen LogP contribution in [0.4, 0.5) is 4.39 Å². The van der Waals surface area contributed by atoms with Crippen molar-refractivity contribution in [3.8, 4) is 5.75 Å². The van der Waals surface area contributed by atoms with Gasteiger partial charge in [0.2, 0.25) is 0 Å². The number of likely N-dealkylation sites (N-methyl/N-ethyl adjacent to an activating group) is 1. The molecule has 0 bridgehead atoms. The van der Waals surface area contributed by atoms with Gasteiger partial charge in [-0.1, -0.05) is 28.1 Å². The maximum Gasteiger partial charge on any atom is 0.123 e. The Hall–Kier alpha value is -1.39. The summed E-state index contributed by atoms with van der Waals surface area (Å²) >= 11 is 3.42. The smallest absolute Gasteiger partial charge is 0.123 e. The summed E-state index contributed by atoms with van der Waals surface area (Å²) < 4.78 is 19.9. The lowest BCUT2D eigenvalue weighted by molar-refractivity contribution is 0.399. The zero-order valence-electron chi connectivity index (χ0n) is 11.5. The van der Waals surface area contributed by atoms with Crippen molar-refractivity contribution < 1.29 is 9.13 Å². The quantitative estimate of drug-likeness (QED) is 0.886. The molecule has 0 aromatic heterocycles. The van der Waals surface area contributed by atoms with Crippen molar-refractivity contribution in [2.45, 2.75) is 12.5 Å². The van der Waals surface area contributed by atoms with Gasteiger partial charge in [-0.3, -0.25) is 0 Å². The monoisotopic (exact) mass is 337 g/mol. The highest BCUT2D eigenvalue weighted by molar-refractivity contribution is 9.10. The van der Waals surface area contributed by atoms with Crippen LogP contribution < -0.4 is 10.1 Å². The standard InChI is InChI=1S/C16H17BrFNO/c1-19-15(9-11-3-5-12(17)6-4-11)14-10-13(18)7-8-16(14)20-2/h3-8,10,15,19H,9H2,1-2H3. The van der Waals surface area contributed by atoms with Crippen molar-refractivity contribution in [2.24, 2.45) is 0 Å². The van der Waals surface area contributed by atoms with Gasteiger partial charge in [-0.15, -0.1) is 0 Å². The lowest BCUT2D eigenvalue weighted by Crippen LogP contribution is -2.19. The van der Waals surface area contributed by atoms with Gasteiger partial charge in [-0.05, 0) is 49.4 Å². The van der Waals surface area contributed by atoms with E-state index in [0.29, 0.717) is 5.75 Å². The first-order chi connectivity index (χ1) is 9.63. The number of nitrogens with one attached hydrogen (secondary N) is 1. The fourth-order valence-corrected chi connectivity index (χ4v) is 2.47. The molecular formula is C16H17BrFNO. The second-order valence-electron chi connectivity index (χ2n) is 4.56. The van der Waals surface area contributed by atoms with Crippen molar-refractivity contribution in [2.75, 3.05) is 14.2 Å². The van der Waals surface area contributed by atoms with Gasteiger partial charge in [0.15, 0.2) is 0 Å². The van der Waals surface area contributed by atoms with Crippen LogP contribution in [0.3, 0.4) is 0 Å². The summed E-state index contributed by atoms with van der Waals surface area (Å²) in [5, 5.41) is 3.22. The molecule has 0 aliphatic rings. The Morgan fingerprint density at radius 1 is 1.20 bits per heavy atom. The average molecular weight is 338 g/mol. The number of ether oxygens (including phenoxy) is 1. The highest BCUT2D eigenvalue weighted by Crippen LogP contribution is 2.28. The Morgan fingerprint density at radius 3 is 2.50 bits per heavy atom. The first-order valence-electron chi connectivity index (χ1n) is 6.39. The van der Waals surface area contributed by atoms with Crippen LogP contribution in [0.1, 0.15) is 17.2 Å². The third kappa shape index (κ3) is 3.58. The minimum Gasteiger partial charge on any atom is -0.496 e. The van der Waals surface area contributed by atoms with Crippen molar-refractivity contribution in [3.63, 3.8) is 0 Å². The van der Waals surface area contributed by atoms with Crippen molar-refractivity contribution in [1.82, 2.24) is 5.32 Å². The van der Waals surface area contributed by atoms with E-state index in [1.165, 1.54) is 17.7 Å². The van der Waals surface area contributed by atoms with Crippen LogP contribution in [0.2, 0.25) is 0 Å². The molecule has 20 heavy (non-hydrogen) atoms. The van der Waals surface area contributed by atoms with Gasteiger partial charge in [0.05, 0.1) is 7.11 Å². The molecule has 0 radical (unpaired) electrons. The van der Waals surface area contributed by atoms with E-state index < -0.39 is 0 Å². The van der Waals surface area contributed by atoms with Crippen molar-refractivity contribution >= 4 is 15.9 Å². The van der Waals surface area contributed by atoms with Gasteiger partial charge in [0.1, 0.15) is 11.6 Å². The predicted octanol–water partition coefficient (Wildman–Crippen LogP) is 4.10. The Balaban J connectivity index is 2.28. The minimum atomic E-state index is -0.253. The summed E-state index contributed by atoms with van der Waals surface area (Å²) in [6.07, 6.45) is 0.767. The van der Waals surface area contributed by atoms with Gasteiger partial charge in [0, 0.05) is 16.1 Å². The Morgan fingerprint density at radius 2 is 1.90 bits per heavy atom. The molecule has 0 amide bonds. The molecule has 2 aromatic rings. The van der Waals surface area contributed by atoms with E-state index in [9.17, 15) is 4.39 Å². The molecule has 0 heterocycles. The van der Waals surface area contributed by atoms with Gasteiger partial charge < -0.3 is 10.1 Å². The van der Waals surface area contributed by atoms with Gasteiger partial charge in [0.25, 0.3) is 0 Å². The lowest BCUT2D eigenvalue weighted by Gasteiger charge is -2.19. The van der Waals surface area contributed by atoms with E-state index in [-0.39, 0.29) is 11.9 Å². The highest BCUT2D eigenvalue weighted by atomic mass is 79.9. The molecule has 1 atom stereocenters. The summed E-state index contributed by atoms with van der Waals surface area (Å²) in [7, 11) is 3.47. The molecule has 0 aliphatic carbocycles. The van der Waals surface area contributed by atoms with Crippen LogP contribution >= 0.6 is 15.9 Å². The lowest BCUT2D eigenvalue weighted by atomic mass is 9.98. The van der Waals surface area contributed by atoms with E-state index in [0.717, 1.165) is 16.5 Å². The molecule has 1 unspecified atom stereocenters. The van der Waals surface area contributed by atoms with Crippen molar-refractivity contribution in [1.29, 1.82) is 0 Å². The summed E-state index contributed by atoms with van der Waals surface area (Å²) in [6.45, 7) is 0. The number of benzene rings is 2. The topological polar surface area (TPSA) is 21.3 Å². The van der Waals surface area contributed by atoms with Crippen LogP contribution in [0, 0.1) is 5.82 Å². The molecule has 0 fully saturated rings. The molecule has 4 heteroatoms. The Bertz CT molecular complexity index is 571. The predicted molar refractivity (Wildman–Crippen MR) is 82.6 cm³/mol. The van der Waals surface area contributed by atoms with Crippen LogP contribution in [0.5, 0.6) is 5.75 Å². The normalized spacial score (nSPS) is 12.2. The number of hydrogen-bond acceptors (Lipinski definition) is 2. The molecular weight excluding hydrogens is 321 g/mol. The maximum atomic E-state index is 13.5. The summed E-state index contributed by atoms with van der Waals surface area (Å²) in [6, 6.07) is 12.7. The molecule has 106 valence electrons. The van der Waals surface area contributed by atoms with Gasteiger partial charge >= 0.3 is 0 Å². The molecule has 0 saturated carbocycles. The van der Waals surface area contributed by atoms with Crippen LogP contribution in [0.25, 0.3) is 0 Å². The highest BCUT2D eigenvalue weighted by Gasteiger charge is 2.16. The molecule has 1 N–H and O–H groups in total. The number of hydrogen-bond donors (Lipinski definition) is 1. The zero-order chi connectivity index (χ0) is 14.5. The Kier molecular flexibility index (Phi) is 5.15. The zero-order valence-corrected chi connectivity index (χ0v) is 13.1. The second-order valence-corrected chi connectivity index (χ2v) is 5.47. The van der Waals surface area contributed by atoms with E-state index in [1.807, 2.05) is 19.2 Å². The third-order valence-corrected chi connectivity index (χ3v) is 3.80. The first kappa shape index (κ1) is 15.0. The fourth-order valence-electron chi connectivity index (χ4n) is 2.20. The molecule has 2 nitrogen and oxygen atoms in total. The van der Waals surface area contributed by atoms with Gasteiger partial charge in [-0.2, -0.15) is 0 Å². The van der Waals surface area contributed by atoms with Crippen molar-refractivity contribution in [3.05, 3.63) is 63.9 Å². The molecule has 0 aliphatic heterocycles. The summed E-state index contributed by atoms with van der Waals surface area (Å²) in [5.74, 6) is 0.444. The number of halogens is 2. The van der Waals surface area contributed by atoms with Gasteiger partial charge in [-0.25, -0.2) is 4.39 Å². The summed E-state index contributed by atoms with van der Waals surface area (Å²) in [5.41, 5.74) is 2.01. The molecule has 0 saturated heterocycles. The Labute approximate surface area is 127 Å². The minimum absolute atomic E-state index is 0.00169. The maximum absolute atomic E-state index is 13.5. The fraction of sp³-hybridized carbons (Fsp3) is 0.250. The molecule has 2 aromatic carbocycles. The largest absolute Gasteiger partial charge is 0.496 e. The number of rotatable bonds is 5. The van der Waals surface area contributed by atoms with E-state index in [2.05, 4.69) is 33.4 Å². The molecule has 0 spiro atoms. The van der Waals surface area contributed by atoms with Crippen LogP contribution in [0.15, 0.2) is 46.9 Å². The van der Waals surface area contributed by atoms with E-state index >= 15 is 0 Å². The van der Waals surface area contributed by atoms with E-state index in [4.69, 9.17) is 4.74 Å². The van der Waals surface area contributed by atoms with Crippen LogP contribution in [-0.2, 0) is 6.42 Å².